The summed E-state index contributed by atoms with van der Waals surface area (Å²) in [6.45, 7) is 0.759. The lowest BCUT2D eigenvalue weighted by Gasteiger charge is -2.11. The van der Waals surface area contributed by atoms with Crippen molar-refractivity contribution in [2.45, 2.75) is 6.42 Å². The number of aromatic nitrogens is 3. The lowest BCUT2D eigenvalue weighted by Crippen LogP contribution is -2.27. The van der Waals surface area contributed by atoms with E-state index in [9.17, 15) is 9.59 Å². The minimum absolute atomic E-state index is 0.0900. The Labute approximate surface area is 177 Å². The van der Waals surface area contributed by atoms with Crippen molar-refractivity contribution in [2.75, 3.05) is 20.7 Å². The number of pyridine rings is 1. The van der Waals surface area contributed by atoms with Gasteiger partial charge in [0.2, 0.25) is 5.91 Å². The van der Waals surface area contributed by atoms with Crippen LogP contribution in [0.3, 0.4) is 0 Å². The maximum absolute atomic E-state index is 12.4. The number of halogens is 1. The molecule has 2 aromatic heterocycles. The van der Waals surface area contributed by atoms with Gasteiger partial charge in [-0.25, -0.2) is 14.5 Å². The summed E-state index contributed by atoms with van der Waals surface area (Å²) in [5.74, 6) is 6.16. The van der Waals surface area contributed by atoms with Crippen molar-refractivity contribution >= 4 is 34.5 Å². The molecule has 2 fully saturated rings. The van der Waals surface area contributed by atoms with E-state index in [1.165, 1.54) is 7.11 Å². The average Bonchev–Trinajstić information content (AvgIpc) is 3.21. The fourth-order valence-electron chi connectivity index (χ4n) is 4.10. The number of carbonyl (C=O) groups excluding carboxylic acids is 2. The molecule has 150 valence electrons. The fraction of sp³-hybridized carbons (Fsp3) is 0.273. The third kappa shape index (κ3) is 2.76. The summed E-state index contributed by atoms with van der Waals surface area (Å²) in [7, 11) is 3.12. The van der Waals surface area contributed by atoms with Crippen molar-refractivity contribution < 1.29 is 14.3 Å². The van der Waals surface area contributed by atoms with Crippen molar-refractivity contribution in [1.29, 1.82) is 0 Å². The molecule has 1 aliphatic carbocycles. The SMILES string of the molecule is COC(=O)c1nn(-c2cc(Cl)cc(C#C[C@]34CC3CN(C)C4=O)c2)c2ncccc12. The number of rotatable bonds is 2. The second-order valence-electron chi connectivity index (χ2n) is 7.63. The molecular formula is C22H17ClN4O3. The molecule has 1 saturated heterocycles. The third-order valence-electron chi connectivity index (χ3n) is 5.71. The van der Waals surface area contributed by atoms with Gasteiger partial charge in [-0.05, 0) is 36.8 Å². The summed E-state index contributed by atoms with van der Waals surface area (Å²) >= 11 is 6.34. The maximum atomic E-state index is 12.4. The van der Waals surface area contributed by atoms with Crippen LogP contribution in [-0.2, 0) is 9.53 Å². The van der Waals surface area contributed by atoms with Gasteiger partial charge in [0.15, 0.2) is 11.3 Å². The van der Waals surface area contributed by atoms with Crippen LogP contribution in [0.25, 0.3) is 16.7 Å². The van der Waals surface area contributed by atoms with Gasteiger partial charge in [0.25, 0.3) is 0 Å². The Morgan fingerprint density at radius 3 is 2.93 bits per heavy atom. The number of esters is 1. The van der Waals surface area contributed by atoms with E-state index in [0.29, 0.717) is 33.2 Å². The zero-order valence-corrected chi connectivity index (χ0v) is 17.1. The van der Waals surface area contributed by atoms with E-state index < -0.39 is 11.4 Å². The Morgan fingerprint density at radius 2 is 2.20 bits per heavy atom. The molecule has 3 heterocycles. The van der Waals surface area contributed by atoms with Gasteiger partial charge in [-0.1, -0.05) is 23.4 Å². The van der Waals surface area contributed by atoms with E-state index in [1.807, 2.05) is 13.1 Å². The van der Waals surface area contributed by atoms with Crippen LogP contribution in [0.15, 0.2) is 36.5 Å². The summed E-state index contributed by atoms with van der Waals surface area (Å²) in [4.78, 5) is 30.7. The van der Waals surface area contributed by atoms with Crippen molar-refractivity contribution in [2.24, 2.45) is 11.3 Å². The molecule has 1 saturated carbocycles. The summed E-state index contributed by atoms with van der Waals surface area (Å²) < 4.78 is 6.39. The first kappa shape index (κ1) is 18.6. The van der Waals surface area contributed by atoms with Gasteiger partial charge >= 0.3 is 5.97 Å². The number of carbonyl (C=O) groups is 2. The van der Waals surface area contributed by atoms with Crippen LogP contribution in [0.5, 0.6) is 0 Å². The maximum Gasteiger partial charge on any atom is 0.359 e. The smallest absolute Gasteiger partial charge is 0.359 e. The molecule has 0 bridgehead atoms. The van der Waals surface area contributed by atoms with E-state index in [-0.39, 0.29) is 11.6 Å². The van der Waals surface area contributed by atoms with Crippen molar-refractivity contribution in [3.8, 4) is 17.5 Å². The van der Waals surface area contributed by atoms with Gasteiger partial charge in [-0.3, -0.25) is 4.79 Å². The Hall–Kier alpha value is -3.37. The van der Waals surface area contributed by atoms with Crippen molar-refractivity contribution in [3.05, 3.63) is 52.8 Å². The van der Waals surface area contributed by atoms with Crippen LogP contribution in [0, 0.1) is 23.2 Å². The second kappa shape index (κ2) is 6.57. The van der Waals surface area contributed by atoms with Crippen LogP contribution in [0.2, 0.25) is 5.02 Å². The highest BCUT2D eigenvalue weighted by Gasteiger charge is 2.65. The Bertz CT molecular complexity index is 1290. The third-order valence-corrected chi connectivity index (χ3v) is 5.92. The normalized spacial score (nSPS) is 21.9. The molecule has 0 spiro atoms. The fourth-order valence-corrected chi connectivity index (χ4v) is 4.33. The largest absolute Gasteiger partial charge is 0.464 e. The first-order chi connectivity index (χ1) is 14.4. The van der Waals surface area contributed by atoms with Gasteiger partial charge in [0.1, 0.15) is 5.41 Å². The molecule has 1 amide bonds. The molecule has 0 radical (unpaired) electrons. The first-order valence-corrected chi connectivity index (χ1v) is 9.82. The molecule has 1 aromatic carbocycles. The Balaban J connectivity index is 1.59. The molecule has 5 rings (SSSR count). The molecule has 1 aliphatic heterocycles. The second-order valence-corrected chi connectivity index (χ2v) is 8.07. The number of ether oxygens (including phenoxy) is 1. The van der Waals surface area contributed by atoms with Crippen LogP contribution in [0.1, 0.15) is 22.5 Å². The van der Waals surface area contributed by atoms with Gasteiger partial charge in [-0.15, -0.1) is 0 Å². The molecular weight excluding hydrogens is 404 g/mol. The Kier molecular flexibility index (Phi) is 4.09. The standard InChI is InChI=1S/C22H17ClN4O3/c1-26-12-14-11-22(14,21(26)29)6-5-13-8-15(23)10-16(9-13)27-19-17(4-3-7-24-19)18(25-27)20(28)30-2/h3-4,7-10,14H,11-12H2,1-2H3/t14?,22-/m0/s1. The van der Waals surface area contributed by atoms with E-state index in [2.05, 4.69) is 21.9 Å². The first-order valence-electron chi connectivity index (χ1n) is 9.45. The summed E-state index contributed by atoms with van der Waals surface area (Å²) in [5.41, 5.74) is 1.42. The number of likely N-dealkylation sites (tertiary alicyclic amines) is 1. The van der Waals surface area contributed by atoms with Crippen molar-refractivity contribution in [3.63, 3.8) is 0 Å². The predicted octanol–water partition coefficient (Wildman–Crippen LogP) is 2.69. The molecule has 2 aliphatic rings. The minimum Gasteiger partial charge on any atom is -0.464 e. The zero-order valence-electron chi connectivity index (χ0n) is 16.3. The van der Waals surface area contributed by atoms with Crippen LogP contribution < -0.4 is 0 Å². The van der Waals surface area contributed by atoms with Crippen molar-refractivity contribution in [1.82, 2.24) is 19.7 Å². The van der Waals surface area contributed by atoms with E-state index in [0.717, 1.165) is 13.0 Å². The number of methoxy groups -OCH3 is 1. The molecule has 7 nitrogen and oxygen atoms in total. The highest BCUT2D eigenvalue weighted by atomic mass is 35.5. The number of nitrogens with zero attached hydrogens (tertiary/aromatic N) is 4. The number of piperidine rings is 1. The highest BCUT2D eigenvalue weighted by molar-refractivity contribution is 6.30. The minimum atomic E-state index is -0.546. The predicted molar refractivity (Wildman–Crippen MR) is 110 cm³/mol. The average molecular weight is 421 g/mol. The summed E-state index contributed by atoms with van der Waals surface area (Å²) in [5, 5.41) is 5.45. The van der Waals surface area contributed by atoms with Crippen LogP contribution in [-0.4, -0.2) is 52.2 Å². The van der Waals surface area contributed by atoms with E-state index in [4.69, 9.17) is 16.3 Å². The van der Waals surface area contributed by atoms with E-state index in [1.54, 1.807) is 40.0 Å². The molecule has 1 unspecified atom stereocenters. The van der Waals surface area contributed by atoms with E-state index >= 15 is 0 Å². The van der Waals surface area contributed by atoms with Gasteiger partial charge < -0.3 is 9.64 Å². The van der Waals surface area contributed by atoms with Gasteiger partial charge in [0, 0.05) is 36.3 Å². The highest BCUT2D eigenvalue weighted by Crippen LogP contribution is 2.57. The number of hydrogen-bond acceptors (Lipinski definition) is 5. The topological polar surface area (TPSA) is 77.3 Å². The molecule has 30 heavy (non-hydrogen) atoms. The van der Waals surface area contributed by atoms with Gasteiger partial charge in [-0.2, -0.15) is 5.10 Å². The summed E-state index contributed by atoms with van der Waals surface area (Å²) in [6, 6.07) is 8.78. The quantitative estimate of drug-likeness (QED) is 0.470. The number of benzene rings is 1. The summed E-state index contributed by atoms with van der Waals surface area (Å²) in [6.07, 6.45) is 2.44. The Morgan fingerprint density at radius 1 is 1.37 bits per heavy atom. The molecule has 8 heteroatoms. The van der Waals surface area contributed by atoms with Crippen LogP contribution >= 0.6 is 11.6 Å². The molecule has 2 atom stereocenters. The number of hydrogen-bond donors (Lipinski definition) is 0. The lowest BCUT2D eigenvalue weighted by molar-refractivity contribution is -0.130. The monoisotopic (exact) mass is 420 g/mol. The van der Waals surface area contributed by atoms with Crippen LogP contribution in [0.4, 0.5) is 0 Å². The zero-order chi connectivity index (χ0) is 21.0. The number of fused-ring (bicyclic) bond motifs is 2. The van der Waals surface area contributed by atoms with Gasteiger partial charge in [0.05, 0.1) is 18.2 Å². The molecule has 3 aromatic rings. The number of amides is 1. The molecule has 0 N–H and O–H groups in total. The lowest BCUT2D eigenvalue weighted by atomic mass is 10.1.